The maximum atomic E-state index is 13.6. The summed E-state index contributed by atoms with van der Waals surface area (Å²) in [5.74, 6) is 1.23. The minimum Gasteiger partial charge on any atom is -0.363 e. The van der Waals surface area contributed by atoms with Gasteiger partial charge in [0.05, 0.1) is 12.2 Å². The molecule has 3 aromatic heterocycles. The number of aromatic nitrogens is 6. The van der Waals surface area contributed by atoms with Crippen molar-refractivity contribution in [2.45, 2.75) is 43.9 Å². The first kappa shape index (κ1) is 14.5. The molecule has 4 aliphatic rings. The van der Waals surface area contributed by atoms with E-state index < -0.39 is 6.17 Å². The summed E-state index contributed by atoms with van der Waals surface area (Å²) >= 11 is 0. The van der Waals surface area contributed by atoms with Crippen molar-refractivity contribution in [3.8, 4) is 11.3 Å². The van der Waals surface area contributed by atoms with E-state index in [1.165, 1.54) is 12.8 Å². The van der Waals surface area contributed by atoms with Crippen molar-refractivity contribution in [3.63, 3.8) is 0 Å². The number of rotatable bonds is 4. The molecule has 9 heteroatoms. The van der Waals surface area contributed by atoms with Crippen LogP contribution in [0.5, 0.6) is 0 Å². The van der Waals surface area contributed by atoms with E-state index in [9.17, 15) is 4.39 Å². The van der Waals surface area contributed by atoms with Gasteiger partial charge in [0.15, 0.2) is 5.65 Å². The van der Waals surface area contributed by atoms with Crippen LogP contribution in [-0.2, 0) is 0 Å². The first-order valence-corrected chi connectivity index (χ1v) is 9.18. The zero-order chi connectivity index (χ0) is 17.3. The number of hydrogen-bond donors (Lipinski definition) is 2. The molecule has 3 aromatic rings. The first-order chi connectivity index (χ1) is 12.8. The highest BCUT2D eigenvalue weighted by Crippen LogP contribution is 2.46. The Kier molecular flexibility index (Phi) is 2.86. The third-order valence-electron chi connectivity index (χ3n) is 6.03. The lowest BCUT2D eigenvalue weighted by molar-refractivity contribution is 0.186. The Labute approximate surface area is 148 Å². The quantitative estimate of drug-likeness (QED) is 0.745. The van der Waals surface area contributed by atoms with Crippen molar-refractivity contribution in [1.82, 2.24) is 29.8 Å². The van der Waals surface area contributed by atoms with Gasteiger partial charge in [0.25, 0.3) is 0 Å². The fourth-order valence-electron chi connectivity index (χ4n) is 4.35. The van der Waals surface area contributed by atoms with Gasteiger partial charge in [-0.15, -0.1) is 5.10 Å². The largest absolute Gasteiger partial charge is 0.363 e. The van der Waals surface area contributed by atoms with Gasteiger partial charge >= 0.3 is 0 Å². The molecule has 2 saturated heterocycles. The smallest absolute Gasteiger partial charge is 0.243 e. The fourth-order valence-corrected chi connectivity index (χ4v) is 4.35. The second-order valence-electron chi connectivity index (χ2n) is 7.62. The van der Waals surface area contributed by atoms with E-state index in [1.54, 1.807) is 17.0 Å². The zero-order valence-electron chi connectivity index (χ0n) is 14.1. The molecule has 2 aliphatic carbocycles. The van der Waals surface area contributed by atoms with E-state index in [-0.39, 0.29) is 6.04 Å². The highest BCUT2D eigenvalue weighted by molar-refractivity contribution is 5.85. The zero-order valence-corrected chi connectivity index (χ0v) is 14.1. The number of alkyl halides is 1. The van der Waals surface area contributed by atoms with Gasteiger partial charge < -0.3 is 10.2 Å². The van der Waals surface area contributed by atoms with E-state index in [0.717, 1.165) is 41.5 Å². The van der Waals surface area contributed by atoms with Gasteiger partial charge in [-0.2, -0.15) is 14.6 Å². The summed E-state index contributed by atoms with van der Waals surface area (Å²) in [4.78, 5) is 11.8. The molecule has 2 atom stereocenters. The molecule has 0 amide bonds. The van der Waals surface area contributed by atoms with E-state index in [4.69, 9.17) is 4.98 Å². The Morgan fingerprint density at radius 2 is 2.19 bits per heavy atom. The predicted octanol–water partition coefficient (Wildman–Crippen LogP) is 2.03. The van der Waals surface area contributed by atoms with Gasteiger partial charge in [0.1, 0.15) is 23.9 Å². The highest BCUT2D eigenvalue weighted by atomic mass is 19.1. The van der Waals surface area contributed by atoms with Crippen LogP contribution in [0.15, 0.2) is 18.7 Å². The molecule has 7 rings (SSSR count). The lowest BCUT2D eigenvalue weighted by atomic mass is 9.86. The Bertz CT molecular complexity index is 961. The Balaban J connectivity index is 1.48. The van der Waals surface area contributed by atoms with Crippen LogP contribution in [0, 0.1) is 5.92 Å². The number of halogens is 1. The summed E-state index contributed by atoms with van der Waals surface area (Å²) in [6.07, 6.45) is 8.38. The summed E-state index contributed by atoms with van der Waals surface area (Å²) in [7, 11) is 0. The molecule has 8 nitrogen and oxygen atoms in total. The number of hydrogen-bond acceptors (Lipinski definition) is 6. The van der Waals surface area contributed by atoms with Crippen molar-refractivity contribution >= 4 is 17.3 Å². The highest BCUT2D eigenvalue weighted by Gasteiger charge is 2.44. The number of anilines is 2. The average Bonchev–Trinajstić information content (AvgIpc) is 3.38. The van der Waals surface area contributed by atoms with Gasteiger partial charge in [-0.1, -0.05) is 0 Å². The van der Waals surface area contributed by atoms with Crippen molar-refractivity contribution < 1.29 is 4.39 Å². The summed E-state index contributed by atoms with van der Waals surface area (Å²) in [5.41, 5.74) is 3.57. The predicted molar refractivity (Wildman–Crippen MR) is 93.8 cm³/mol. The van der Waals surface area contributed by atoms with Gasteiger partial charge in [0, 0.05) is 24.3 Å². The molecule has 2 N–H and O–H groups in total. The van der Waals surface area contributed by atoms with Gasteiger partial charge in [-0.3, -0.25) is 5.10 Å². The first-order valence-electron chi connectivity index (χ1n) is 9.18. The van der Waals surface area contributed by atoms with Crippen molar-refractivity contribution in [1.29, 1.82) is 0 Å². The van der Waals surface area contributed by atoms with Crippen molar-refractivity contribution in [2.24, 2.45) is 5.92 Å². The molecule has 2 saturated carbocycles. The summed E-state index contributed by atoms with van der Waals surface area (Å²) in [5, 5.41) is 14.5. The number of fused-ring (bicyclic) bond motifs is 2. The second kappa shape index (κ2) is 5.15. The van der Waals surface area contributed by atoms with Gasteiger partial charge in [-0.05, 0) is 31.6 Å². The van der Waals surface area contributed by atoms with Gasteiger partial charge in [0.2, 0.25) is 5.95 Å². The van der Waals surface area contributed by atoms with Crippen LogP contribution in [0.2, 0.25) is 0 Å². The molecule has 2 aliphatic heterocycles. The molecule has 26 heavy (non-hydrogen) atoms. The fraction of sp³-hybridized carbons (Fsp3) is 0.529. The maximum Gasteiger partial charge on any atom is 0.243 e. The van der Waals surface area contributed by atoms with Crippen LogP contribution in [0.25, 0.3) is 16.9 Å². The normalized spacial score (nSPS) is 29.7. The van der Waals surface area contributed by atoms with Crippen LogP contribution in [0.4, 0.5) is 16.0 Å². The van der Waals surface area contributed by atoms with E-state index in [2.05, 4.69) is 30.5 Å². The lowest BCUT2D eigenvalue weighted by Gasteiger charge is -2.30. The van der Waals surface area contributed by atoms with E-state index >= 15 is 0 Å². The minimum absolute atomic E-state index is 0.184. The maximum absolute atomic E-state index is 13.6. The van der Waals surface area contributed by atoms with Crippen molar-refractivity contribution in [2.75, 3.05) is 16.8 Å². The van der Waals surface area contributed by atoms with Crippen LogP contribution in [-0.4, -0.2) is 54.6 Å². The second-order valence-corrected chi connectivity index (χ2v) is 7.62. The molecule has 5 heterocycles. The third kappa shape index (κ3) is 1.99. The molecule has 0 radical (unpaired) electrons. The molecule has 134 valence electrons. The molecular weight excluding hydrogens is 335 g/mol. The van der Waals surface area contributed by atoms with Crippen molar-refractivity contribution in [3.05, 3.63) is 18.7 Å². The lowest BCUT2D eigenvalue weighted by Crippen LogP contribution is -2.40. The summed E-state index contributed by atoms with van der Waals surface area (Å²) in [6, 6.07) is 0.366. The Morgan fingerprint density at radius 3 is 2.85 bits per heavy atom. The van der Waals surface area contributed by atoms with E-state index in [0.29, 0.717) is 18.4 Å². The monoisotopic (exact) mass is 354 g/mol. The van der Waals surface area contributed by atoms with Crippen LogP contribution in [0.1, 0.15) is 25.7 Å². The summed E-state index contributed by atoms with van der Waals surface area (Å²) < 4.78 is 15.3. The molecule has 0 spiro atoms. The SMILES string of the molecule is F[C@@H]1CC[C@@H]1Nc1nc2c(N3CC4CC3C4)c(-c3cn[nH]c3)ncn2n1. The number of H-pyrrole nitrogens is 1. The van der Waals surface area contributed by atoms with Crippen LogP contribution >= 0.6 is 0 Å². The van der Waals surface area contributed by atoms with Crippen LogP contribution < -0.4 is 10.2 Å². The molecule has 4 fully saturated rings. The third-order valence-corrected chi connectivity index (χ3v) is 6.03. The van der Waals surface area contributed by atoms with E-state index in [1.807, 2.05) is 6.20 Å². The molecule has 0 unspecified atom stereocenters. The topological polar surface area (TPSA) is 87.0 Å². The number of nitrogens with one attached hydrogen (secondary N) is 2. The number of nitrogens with zero attached hydrogens (tertiary/aromatic N) is 6. The Hall–Kier alpha value is -2.71. The van der Waals surface area contributed by atoms with Gasteiger partial charge in [-0.25, -0.2) is 9.37 Å². The number of aromatic amines is 1. The Morgan fingerprint density at radius 1 is 1.27 bits per heavy atom. The molecule has 2 bridgehead atoms. The molecule has 0 aromatic carbocycles. The standard InChI is InChI=1S/C17H19FN8/c18-12-1-2-13(12)22-17-23-16-15(25-7-9-3-11(25)4-9)14(10-5-20-21-6-10)19-8-26(16)24-17/h5-6,8-9,11-13H,1-4,7H2,(H,20,21)(H,22,24)/t9?,11?,12-,13+/m1/s1. The molecular formula is C17H19FN8. The minimum atomic E-state index is -0.813. The summed E-state index contributed by atoms with van der Waals surface area (Å²) in [6.45, 7) is 1.03. The van der Waals surface area contributed by atoms with Crippen LogP contribution in [0.3, 0.4) is 0 Å². The average molecular weight is 354 g/mol.